The maximum atomic E-state index is 13.4. The number of hydrogen-bond acceptors (Lipinski definition) is 2. The third-order valence-corrected chi connectivity index (χ3v) is 5.39. The Labute approximate surface area is 143 Å². The third kappa shape index (κ3) is 3.52. The molecule has 2 heterocycles. The first kappa shape index (κ1) is 15.8. The van der Waals surface area contributed by atoms with Gasteiger partial charge in [-0.15, -0.1) is 0 Å². The summed E-state index contributed by atoms with van der Waals surface area (Å²) in [5, 5.41) is 0. The van der Waals surface area contributed by atoms with E-state index in [0.29, 0.717) is 0 Å². The number of benzene rings is 2. The number of rotatable bonds is 4. The lowest BCUT2D eigenvalue weighted by atomic mass is 9.94. The Morgan fingerprint density at radius 1 is 0.792 bits per heavy atom. The highest BCUT2D eigenvalue weighted by Gasteiger charge is 2.18. The first-order chi connectivity index (χ1) is 11.8. The van der Waals surface area contributed by atoms with E-state index in [0.717, 1.165) is 30.6 Å². The minimum atomic E-state index is -0.168. The number of likely N-dealkylation sites (tertiary alicyclic amines) is 1. The summed E-state index contributed by atoms with van der Waals surface area (Å²) < 4.78 is 13.4. The van der Waals surface area contributed by atoms with Crippen LogP contribution in [-0.2, 0) is 13.0 Å². The molecule has 2 aromatic carbocycles. The lowest BCUT2D eigenvalue weighted by Crippen LogP contribution is -2.37. The zero-order chi connectivity index (χ0) is 16.4. The van der Waals surface area contributed by atoms with Gasteiger partial charge in [-0.05, 0) is 66.7 Å². The Morgan fingerprint density at radius 3 is 2.42 bits per heavy atom. The molecule has 2 aliphatic heterocycles. The summed E-state index contributed by atoms with van der Waals surface area (Å²) in [6, 6.07) is 13.5. The highest BCUT2D eigenvalue weighted by molar-refractivity contribution is 5.65. The molecule has 0 aromatic heterocycles. The molecule has 0 spiro atoms. The summed E-state index contributed by atoms with van der Waals surface area (Å²) >= 11 is 0. The van der Waals surface area contributed by atoms with Crippen LogP contribution < -0.4 is 0 Å². The van der Waals surface area contributed by atoms with E-state index >= 15 is 0 Å². The van der Waals surface area contributed by atoms with Crippen molar-refractivity contribution in [3.8, 4) is 11.1 Å². The van der Waals surface area contributed by atoms with Crippen molar-refractivity contribution in [1.82, 2.24) is 9.80 Å². The van der Waals surface area contributed by atoms with Gasteiger partial charge in [0.2, 0.25) is 0 Å². The summed E-state index contributed by atoms with van der Waals surface area (Å²) in [5.74, 6) is -0.168. The standard InChI is InChI=1S/C21H25FN2/c22-21-5-3-4-17(15-21)18-6-7-20-16-24(11-8-19(20)14-18)13-12-23-9-1-2-10-23/h3-7,14-15H,1-2,8-13,16H2. The van der Waals surface area contributed by atoms with Crippen LogP contribution in [0.3, 0.4) is 0 Å². The molecule has 0 unspecified atom stereocenters. The zero-order valence-electron chi connectivity index (χ0n) is 14.2. The van der Waals surface area contributed by atoms with Crippen molar-refractivity contribution in [2.75, 3.05) is 32.7 Å². The molecule has 2 nitrogen and oxygen atoms in total. The fraction of sp³-hybridized carbons (Fsp3) is 0.429. The van der Waals surface area contributed by atoms with Crippen molar-refractivity contribution in [2.45, 2.75) is 25.8 Å². The van der Waals surface area contributed by atoms with Crippen LogP contribution in [0.1, 0.15) is 24.0 Å². The molecule has 3 heteroatoms. The molecule has 0 bridgehead atoms. The Morgan fingerprint density at radius 2 is 1.58 bits per heavy atom. The van der Waals surface area contributed by atoms with Crippen LogP contribution in [-0.4, -0.2) is 42.5 Å². The first-order valence-electron chi connectivity index (χ1n) is 9.10. The van der Waals surface area contributed by atoms with Gasteiger partial charge in [0.25, 0.3) is 0 Å². The molecular formula is C21H25FN2. The fourth-order valence-corrected chi connectivity index (χ4v) is 3.94. The molecule has 2 aliphatic rings. The molecule has 0 radical (unpaired) electrons. The topological polar surface area (TPSA) is 6.48 Å². The van der Waals surface area contributed by atoms with E-state index in [2.05, 4.69) is 28.0 Å². The smallest absolute Gasteiger partial charge is 0.123 e. The normalized spacial score (nSPS) is 18.7. The van der Waals surface area contributed by atoms with E-state index in [1.54, 1.807) is 12.1 Å². The second-order valence-corrected chi connectivity index (χ2v) is 7.07. The van der Waals surface area contributed by atoms with E-state index in [1.165, 1.54) is 56.2 Å². The summed E-state index contributed by atoms with van der Waals surface area (Å²) in [6.45, 7) is 7.12. The minimum Gasteiger partial charge on any atom is -0.302 e. The zero-order valence-corrected chi connectivity index (χ0v) is 14.2. The summed E-state index contributed by atoms with van der Waals surface area (Å²) in [5.41, 5.74) is 4.95. The Hall–Kier alpha value is -1.71. The van der Waals surface area contributed by atoms with Crippen molar-refractivity contribution >= 4 is 0 Å². The Kier molecular flexibility index (Phi) is 4.63. The van der Waals surface area contributed by atoms with Gasteiger partial charge in [0.1, 0.15) is 5.82 Å². The van der Waals surface area contributed by atoms with E-state index < -0.39 is 0 Å². The molecule has 0 aliphatic carbocycles. The van der Waals surface area contributed by atoms with Crippen molar-refractivity contribution < 1.29 is 4.39 Å². The predicted molar refractivity (Wildman–Crippen MR) is 96.5 cm³/mol. The molecule has 1 fully saturated rings. The van der Waals surface area contributed by atoms with Crippen LogP contribution in [0.4, 0.5) is 4.39 Å². The van der Waals surface area contributed by atoms with Crippen LogP contribution >= 0.6 is 0 Å². The lowest BCUT2D eigenvalue weighted by Gasteiger charge is -2.30. The maximum Gasteiger partial charge on any atom is 0.123 e. The van der Waals surface area contributed by atoms with Crippen LogP contribution in [0.2, 0.25) is 0 Å². The number of fused-ring (bicyclic) bond motifs is 1. The molecular weight excluding hydrogens is 299 g/mol. The van der Waals surface area contributed by atoms with E-state index in [9.17, 15) is 4.39 Å². The number of hydrogen-bond donors (Lipinski definition) is 0. The molecule has 24 heavy (non-hydrogen) atoms. The second kappa shape index (κ2) is 7.04. The van der Waals surface area contributed by atoms with Crippen LogP contribution in [0.15, 0.2) is 42.5 Å². The van der Waals surface area contributed by atoms with Gasteiger partial charge in [-0.1, -0.05) is 30.3 Å². The van der Waals surface area contributed by atoms with Gasteiger partial charge in [-0.3, -0.25) is 4.90 Å². The van der Waals surface area contributed by atoms with Gasteiger partial charge >= 0.3 is 0 Å². The highest BCUT2D eigenvalue weighted by atomic mass is 19.1. The first-order valence-corrected chi connectivity index (χ1v) is 9.10. The molecule has 1 saturated heterocycles. The van der Waals surface area contributed by atoms with Crippen LogP contribution in [0, 0.1) is 5.82 Å². The molecule has 4 rings (SSSR count). The van der Waals surface area contributed by atoms with Gasteiger partial charge in [0.15, 0.2) is 0 Å². The average Bonchev–Trinajstić information content (AvgIpc) is 3.13. The van der Waals surface area contributed by atoms with Crippen molar-refractivity contribution in [3.05, 3.63) is 59.4 Å². The molecule has 0 amide bonds. The van der Waals surface area contributed by atoms with Crippen molar-refractivity contribution in [3.63, 3.8) is 0 Å². The summed E-state index contributed by atoms with van der Waals surface area (Å²) in [6.07, 6.45) is 3.83. The van der Waals surface area contributed by atoms with Gasteiger partial charge in [0, 0.05) is 26.2 Å². The quantitative estimate of drug-likeness (QED) is 0.840. The maximum absolute atomic E-state index is 13.4. The van der Waals surface area contributed by atoms with Crippen LogP contribution in [0.5, 0.6) is 0 Å². The second-order valence-electron chi connectivity index (χ2n) is 7.07. The van der Waals surface area contributed by atoms with Gasteiger partial charge in [0.05, 0.1) is 0 Å². The Balaban J connectivity index is 1.43. The average molecular weight is 324 g/mol. The fourth-order valence-electron chi connectivity index (χ4n) is 3.94. The van der Waals surface area contributed by atoms with Crippen LogP contribution in [0.25, 0.3) is 11.1 Å². The molecule has 2 aromatic rings. The van der Waals surface area contributed by atoms with E-state index in [1.807, 2.05) is 6.07 Å². The van der Waals surface area contributed by atoms with Gasteiger partial charge < -0.3 is 4.90 Å². The van der Waals surface area contributed by atoms with Gasteiger partial charge in [-0.2, -0.15) is 0 Å². The lowest BCUT2D eigenvalue weighted by molar-refractivity contribution is 0.211. The number of nitrogens with zero attached hydrogens (tertiary/aromatic N) is 2. The molecule has 126 valence electrons. The minimum absolute atomic E-state index is 0.168. The van der Waals surface area contributed by atoms with Gasteiger partial charge in [-0.25, -0.2) is 4.39 Å². The number of halogens is 1. The third-order valence-electron chi connectivity index (χ3n) is 5.39. The summed E-state index contributed by atoms with van der Waals surface area (Å²) in [4.78, 5) is 5.16. The van der Waals surface area contributed by atoms with Crippen molar-refractivity contribution in [2.24, 2.45) is 0 Å². The Bertz CT molecular complexity index is 707. The highest BCUT2D eigenvalue weighted by Crippen LogP contribution is 2.26. The summed E-state index contributed by atoms with van der Waals surface area (Å²) in [7, 11) is 0. The van der Waals surface area contributed by atoms with E-state index in [-0.39, 0.29) is 5.82 Å². The predicted octanol–water partition coefficient (Wildman–Crippen LogP) is 3.95. The largest absolute Gasteiger partial charge is 0.302 e. The molecule has 0 N–H and O–H groups in total. The molecule has 0 saturated carbocycles. The van der Waals surface area contributed by atoms with E-state index in [4.69, 9.17) is 0 Å². The molecule has 0 atom stereocenters. The monoisotopic (exact) mass is 324 g/mol. The van der Waals surface area contributed by atoms with Crippen molar-refractivity contribution in [1.29, 1.82) is 0 Å². The SMILES string of the molecule is Fc1cccc(-c2ccc3c(c2)CCN(CCN2CCCC2)C3)c1.